The standard InChI is InChI=1S/5C7H12N2O9P2.CH4.3CH3/c5*10-6(11)3-8-1-2-9(5-8)4-7(12,19(13,14)15)20(16,17)18;;;;/h5*1-2,5,12H,3-4H2,(H4-,10,11,13,14,15,16,17,18);1H4;3*1H3/q;;;;;;-1;2*+1/p-4. The summed E-state index contributed by atoms with van der Waals surface area (Å²) >= 11 is 0. The van der Waals surface area contributed by atoms with Crippen LogP contribution < -0.4 is 66.9 Å². The third-order valence-electron chi connectivity index (χ3n) is 11.8. The Morgan fingerprint density at radius 3 is 0.577 bits per heavy atom. The highest BCUT2D eigenvalue weighted by atomic mass is 31.3. The lowest BCUT2D eigenvalue weighted by Gasteiger charge is -2.54. The Kier molecular flexibility index (Phi) is 38.3. The number of nitrogens with zero attached hydrogens (tertiary/aromatic N) is 10. The first-order valence-corrected chi connectivity index (χ1v) is 40.5. The molecule has 55 nitrogen and oxygen atoms in total. The zero-order chi connectivity index (χ0) is 78.8. The number of hydrogen-bond donors (Lipinski definition) is 21. The predicted molar refractivity (Wildman–Crippen MR) is 313 cm³/mol. The van der Waals surface area contributed by atoms with Gasteiger partial charge in [0.15, 0.2) is 75.8 Å². The minimum absolute atomic E-state index is 0. The number of rotatable bonds is 30. The quantitative estimate of drug-likeness (QED) is 0.0115. The first-order chi connectivity index (χ1) is 44.3. The van der Waals surface area contributed by atoms with Crippen LogP contribution in [-0.2, 0) is 135 Å². The van der Waals surface area contributed by atoms with Crippen molar-refractivity contribution in [2.45, 2.75) is 98.3 Å². The lowest BCUT2D eigenvalue weighted by molar-refractivity contribution is -0.685. The van der Waals surface area contributed by atoms with E-state index in [0.717, 1.165) is 122 Å². The molecule has 0 bridgehead atoms. The number of carboxylic acid groups (broad SMARTS) is 5. The van der Waals surface area contributed by atoms with Crippen LogP contribution in [0.1, 0.15) is 7.43 Å². The van der Waals surface area contributed by atoms with Crippen molar-refractivity contribution in [3.05, 3.63) is 116 Å². The molecule has 0 aliphatic rings. The van der Waals surface area contributed by atoms with Crippen LogP contribution in [0.5, 0.6) is 0 Å². The van der Waals surface area contributed by atoms with Crippen molar-refractivity contribution in [2.75, 3.05) is 0 Å². The van der Waals surface area contributed by atoms with Gasteiger partial charge in [-0.15, -0.1) is 0 Å². The Labute approximate surface area is 582 Å². The van der Waals surface area contributed by atoms with E-state index in [1.165, 1.54) is 12.4 Å². The Hall–Kier alpha value is -5.56. The van der Waals surface area contributed by atoms with E-state index in [1.807, 2.05) is 0 Å². The summed E-state index contributed by atoms with van der Waals surface area (Å²) < 4.78 is 119. The van der Waals surface area contributed by atoms with Crippen molar-refractivity contribution < 1.29 is 241 Å². The maximum absolute atomic E-state index is 11.1. The molecular weight excluding hydrogens is 1640 g/mol. The van der Waals surface area contributed by atoms with Gasteiger partial charge in [-0.1, -0.05) is 7.43 Å². The molecule has 0 aliphatic carbocycles. The van der Waals surface area contributed by atoms with Gasteiger partial charge < -0.3 is 188 Å². The smallest absolute Gasteiger partial charge is 0.373 e. The molecule has 0 aromatic carbocycles. The fraction of sp³-hybridized carbons (Fsp3) is 0.410. The number of hydrogen-bond acceptors (Lipinski definition) is 29. The number of carbonyl (C=O) groups is 5. The number of aliphatic hydroxyl groups is 5. The molecule has 5 aromatic rings. The highest BCUT2D eigenvalue weighted by molar-refractivity contribution is 7.73. The van der Waals surface area contributed by atoms with Gasteiger partial charge in [-0.2, -0.15) is 0 Å². The van der Waals surface area contributed by atoms with Gasteiger partial charge in [-0.25, -0.2) is 69.6 Å². The van der Waals surface area contributed by atoms with Crippen LogP contribution in [0, 0.1) is 22.3 Å². The number of carboxylic acids is 5. The van der Waals surface area contributed by atoms with Gasteiger partial charge in [0.2, 0.25) is 41.8 Å². The maximum Gasteiger partial charge on any atom is 0.373 e. The van der Waals surface area contributed by atoms with Gasteiger partial charge in [0.05, 0.1) is 0 Å². The largest absolute Gasteiger partial charge is 0.808 e. The first-order valence-electron chi connectivity index (χ1n) is 24.7. The van der Waals surface area contributed by atoms with E-state index in [9.17, 15) is 139 Å². The van der Waals surface area contributed by atoms with Gasteiger partial charge >= 0.3 is 57.7 Å². The molecule has 104 heavy (non-hydrogen) atoms. The van der Waals surface area contributed by atoms with E-state index < -0.39 is 197 Å². The summed E-state index contributed by atoms with van der Waals surface area (Å²) in [7, 11) is -58.3. The summed E-state index contributed by atoms with van der Waals surface area (Å²) in [5.74, 6) is -6.05. The predicted octanol–water partition coefficient (Wildman–Crippen LogP) is -14.4. The highest BCUT2D eigenvalue weighted by Crippen LogP contribution is 2.69. The normalized spacial score (nSPS) is 16.6. The minimum atomic E-state index is -6.17. The minimum Gasteiger partial charge on any atom is -0.808 e. The van der Waals surface area contributed by atoms with Crippen LogP contribution in [0.3, 0.4) is 0 Å². The van der Waals surface area contributed by atoms with Crippen molar-refractivity contribution in [3.63, 3.8) is 0 Å². The van der Waals surface area contributed by atoms with Gasteiger partial charge in [-0.05, 0) is 15.2 Å². The van der Waals surface area contributed by atoms with E-state index in [1.54, 1.807) is 0 Å². The van der Waals surface area contributed by atoms with Crippen molar-refractivity contribution in [2.24, 2.45) is 0 Å². The first kappa shape index (κ1) is 105. The van der Waals surface area contributed by atoms with Crippen LogP contribution in [0.2, 0.25) is 0 Å². The Morgan fingerprint density at radius 2 is 0.442 bits per heavy atom. The molecule has 6 unspecified atom stereocenters. The van der Waals surface area contributed by atoms with Crippen LogP contribution >= 0.6 is 76.0 Å². The van der Waals surface area contributed by atoms with Crippen molar-refractivity contribution >= 4 is 106 Å². The fourth-order valence-corrected chi connectivity index (χ4v) is 16.7. The van der Waals surface area contributed by atoms with Crippen molar-refractivity contribution in [1.29, 1.82) is 0 Å². The maximum atomic E-state index is 11.1. The molecule has 0 saturated carbocycles. The van der Waals surface area contributed by atoms with E-state index in [4.69, 9.17) is 79.4 Å². The van der Waals surface area contributed by atoms with Crippen LogP contribution in [-0.4, -0.2) is 183 Å². The zero-order valence-corrected chi connectivity index (χ0v) is 60.8. The number of aromatic nitrogens is 10. The molecule has 5 heterocycles. The Morgan fingerprint density at radius 1 is 0.298 bits per heavy atom. The van der Waals surface area contributed by atoms with Gasteiger partial charge in [0.25, 0.3) is 5.08 Å². The molecule has 598 valence electrons. The molecule has 65 heteroatoms. The highest BCUT2D eigenvalue weighted by Gasteiger charge is 2.61. The topological polar surface area (TPSA) is 932 Å². The molecule has 0 spiro atoms. The van der Waals surface area contributed by atoms with E-state index in [-0.39, 0.29) is 29.7 Å². The number of imidazole rings is 5. The second-order valence-corrected chi connectivity index (χ2v) is 39.5. The molecule has 0 radical (unpaired) electrons. The monoisotopic (exact) mass is 1710 g/mol. The molecule has 0 amide bonds. The van der Waals surface area contributed by atoms with Gasteiger partial charge in [0, 0.05) is 14.9 Å². The van der Waals surface area contributed by atoms with E-state index >= 15 is 0 Å². The van der Waals surface area contributed by atoms with Crippen LogP contribution in [0.25, 0.3) is 0 Å². The molecule has 0 saturated heterocycles. The second-order valence-electron chi connectivity index (χ2n) is 19.9. The molecule has 21 N–H and O–H groups in total. The fourth-order valence-electron chi connectivity index (χ4n) is 6.83. The Balaban J connectivity index is -0.000000595. The summed E-state index contributed by atoms with van der Waals surface area (Å²) in [6, 6.07) is 0. The summed E-state index contributed by atoms with van der Waals surface area (Å²) in [5.41, 5.74) is 0. The molecule has 5 aromatic heterocycles. The summed E-state index contributed by atoms with van der Waals surface area (Å²) in [6.45, 7) is -8.52. The van der Waals surface area contributed by atoms with E-state index in [0.29, 0.717) is 4.57 Å². The Bertz CT molecular complexity index is 3510. The van der Waals surface area contributed by atoms with Gasteiger partial charge in [-0.3, -0.25) is 13.7 Å². The van der Waals surface area contributed by atoms with Crippen LogP contribution in [0.4, 0.5) is 0 Å². The molecule has 0 aliphatic heterocycles. The van der Waals surface area contributed by atoms with Crippen LogP contribution in [0.15, 0.2) is 93.6 Å². The summed E-state index contributed by atoms with van der Waals surface area (Å²) in [4.78, 5) is 248. The lowest BCUT2D eigenvalue weighted by Crippen LogP contribution is -2.48. The average molecular weight is 1710 g/mol. The third-order valence-corrected chi connectivity index (χ3v) is 29.9. The van der Waals surface area contributed by atoms with Crippen molar-refractivity contribution in [3.8, 4) is 0 Å². The van der Waals surface area contributed by atoms with Crippen molar-refractivity contribution in [1.82, 2.24) is 22.8 Å². The number of aliphatic carboxylic acids is 5. The third kappa shape index (κ3) is 28.9. The lowest BCUT2D eigenvalue weighted by atomic mass is 10.6. The molecule has 5 rings (SSSR count). The molecular formula is C39H69N10O45P10-3. The summed E-state index contributed by atoms with van der Waals surface area (Å²) in [5, 5.41) is 71.4. The SMILES string of the molecule is C.O=C(O)C[n+]1ccn(CC(O)(P(=O)(O)O)P(=O)(O)O)c1.O=C(O)C[n+]1ccn(CC(O)(P(=O)([O-])O)P(=O)(O)O)c1.O=C(O)C[n+]1ccn(CC(O)(P(=O)([O-])O)P(=O)([O-])O)c1.O=C(O)C[n+]1ccn(CC(O)(P(=O)([O-])O)P(=O)([O-])O)c1.O=C(O)C[n+]1ccn(CC(O)(P(=O)([O-])[O-])P(=O)([O-])[O-])c1.[CH3+].[CH3+].[CH3-]. The summed E-state index contributed by atoms with van der Waals surface area (Å²) in [6.07, 6.45) is 16.0. The average Bonchev–Trinajstić information content (AvgIpc) is 1.04. The zero-order valence-electron chi connectivity index (χ0n) is 51.9. The molecule has 6 atom stereocenters. The molecule has 0 fully saturated rings. The van der Waals surface area contributed by atoms with Gasteiger partial charge in [0.1, 0.15) is 94.7 Å². The van der Waals surface area contributed by atoms with E-state index in [2.05, 4.69) is 0 Å². The second kappa shape index (κ2) is 38.0.